The molecule has 178 valence electrons. The number of benzene rings is 1. The van der Waals surface area contributed by atoms with Crippen LogP contribution in [0.2, 0.25) is 0 Å². The van der Waals surface area contributed by atoms with Crippen molar-refractivity contribution in [1.82, 2.24) is 21.7 Å². The van der Waals surface area contributed by atoms with Crippen LogP contribution in [0, 0.1) is 17.6 Å². The Morgan fingerprint density at radius 2 is 1.58 bits per heavy atom. The molecule has 1 heterocycles. The Bertz CT molecular complexity index is 645. The maximum absolute atomic E-state index is 12.6. The summed E-state index contributed by atoms with van der Waals surface area (Å²) < 4.78 is 25.2. The summed E-state index contributed by atoms with van der Waals surface area (Å²) in [5, 5.41) is 7.35. The average molecular weight is 446 g/mol. The second-order valence-corrected chi connectivity index (χ2v) is 7.41. The van der Waals surface area contributed by atoms with Gasteiger partial charge in [0.25, 0.3) is 0 Å². The number of carbonyl (C=O) groups excluding carboxylic acids is 3. The zero-order valence-electron chi connectivity index (χ0n) is 19.1. The monoisotopic (exact) mass is 445 g/mol. The van der Waals surface area contributed by atoms with Crippen LogP contribution in [-0.4, -0.2) is 55.8 Å². The van der Waals surface area contributed by atoms with Crippen molar-refractivity contribution in [3.05, 3.63) is 29.8 Å². The van der Waals surface area contributed by atoms with Gasteiger partial charge in [0.15, 0.2) is 0 Å². The lowest BCUT2D eigenvalue weighted by molar-refractivity contribution is -0.132. The number of carbonyl (C=O) groups is 3. The van der Waals surface area contributed by atoms with Gasteiger partial charge in [0.2, 0.25) is 18.2 Å². The van der Waals surface area contributed by atoms with E-state index in [-0.39, 0.29) is 37.0 Å². The van der Waals surface area contributed by atoms with Gasteiger partial charge in [-0.15, -0.1) is 0 Å². The second kappa shape index (κ2) is 17.1. The maximum atomic E-state index is 12.6. The predicted molar refractivity (Wildman–Crippen MR) is 119 cm³/mol. The highest BCUT2D eigenvalue weighted by molar-refractivity contribution is 5.87. The molecule has 8 nitrogen and oxygen atoms in total. The summed E-state index contributed by atoms with van der Waals surface area (Å²) >= 11 is 0. The van der Waals surface area contributed by atoms with E-state index in [1.54, 1.807) is 18.9 Å². The van der Waals surface area contributed by atoms with Gasteiger partial charge in [0.05, 0.1) is 12.6 Å². The molecule has 0 aliphatic carbocycles. The van der Waals surface area contributed by atoms with Gasteiger partial charge in [-0.1, -0.05) is 26.8 Å². The Morgan fingerprint density at radius 3 is 2.00 bits per heavy atom. The summed E-state index contributed by atoms with van der Waals surface area (Å²) in [5.74, 6) is -0.844. The number of nitrogens with zero attached hydrogens (tertiary/aromatic N) is 1. The maximum Gasteiger partial charge on any atom is 0.241 e. The molecule has 0 bridgehead atoms. The molecule has 6 N–H and O–H groups in total. The first-order valence-corrected chi connectivity index (χ1v) is 10.0. The zero-order valence-corrected chi connectivity index (χ0v) is 19.1. The van der Waals surface area contributed by atoms with E-state index < -0.39 is 17.3 Å². The molecule has 10 heteroatoms. The van der Waals surface area contributed by atoms with Crippen molar-refractivity contribution in [3.8, 4) is 0 Å². The largest absolute Gasteiger partial charge is 0.346 e. The highest BCUT2D eigenvalue weighted by atomic mass is 19.1. The smallest absolute Gasteiger partial charge is 0.241 e. The first-order chi connectivity index (χ1) is 14.1. The van der Waals surface area contributed by atoms with Gasteiger partial charge in [-0.3, -0.25) is 14.4 Å². The van der Waals surface area contributed by atoms with Crippen LogP contribution >= 0.6 is 0 Å². The van der Waals surface area contributed by atoms with Crippen LogP contribution in [0.25, 0.3) is 0 Å². The molecule has 1 aromatic carbocycles. The number of hydrogen-bond acceptors (Lipinski definition) is 5. The molecule has 1 aliphatic heterocycles. The summed E-state index contributed by atoms with van der Waals surface area (Å²) in [5.41, 5.74) is -0.414. The van der Waals surface area contributed by atoms with Crippen molar-refractivity contribution in [2.24, 2.45) is 5.92 Å². The lowest BCUT2D eigenvalue weighted by Crippen LogP contribution is -2.45. The first-order valence-electron chi connectivity index (χ1n) is 10.0. The van der Waals surface area contributed by atoms with Crippen LogP contribution in [0.5, 0.6) is 0 Å². The van der Waals surface area contributed by atoms with Crippen LogP contribution in [0.15, 0.2) is 18.2 Å². The van der Waals surface area contributed by atoms with Crippen LogP contribution in [0.1, 0.15) is 40.5 Å². The number of likely N-dealkylation sites (tertiary alicyclic amines) is 1. The van der Waals surface area contributed by atoms with E-state index in [4.69, 9.17) is 0 Å². The Labute approximate surface area is 183 Å². The van der Waals surface area contributed by atoms with E-state index >= 15 is 0 Å². The van der Waals surface area contributed by atoms with Crippen molar-refractivity contribution in [1.29, 1.82) is 0 Å². The van der Waals surface area contributed by atoms with Crippen molar-refractivity contribution >= 4 is 23.9 Å². The zero-order chi connectivity index (χ0) is 23.1. The van der Waals surface area contributed by atoms with E-state index in [2.05, 4.69) is 31.4 Å². The number of nitrogens with one attached hydrogen (secondary N) is 3. The normalized spacial score (nSPS) is 13.0. The molecule has 1 fully saturated rings. The van der Waals surface area contributed by atoms with Gasteiger partial charge >= 0.3 is 0 Å². The predicted octanol–water partition coefficient (Wildman–Crippen LogP) is 2.69. The first kappa shape index (κ1) is 30.6. The lowest BCUT2D eigenvalue weighted by Gasteiger charge is -2.16. The highest BCUT2D eigenvalue weighted by Crippen LogP contribution is 2.16. The molecule has 2 rings (SSSR count). The van der Waals surface area contributed by atoms with Crippen LogP contribution in [0.4, 0.5) is 14.5 Å². The number of halogens is 2. The molecule has 1 aliphatic rings. The van der Waals surface area contributed by atoms with Crippen molar-refractivity contribution in [2.75, 3.05) is 32.0 Å². The topological polar surface area (TPSA) is 126 Å². The third kappa shape index (κ3) is 13.3. The number of likely N-dealkylation sites (N-methyl/N-ethyl adjacent to an activating group) is 1. The summed E-state index contributed by atoms with van der Waals surface area (Å²) in [6.07, 6.45) is 2.38. The fourth-order valence-electron chi connectivity index (χ4n) is 2.22. The lowest BCUT2D eigenvalue weighted by atomic mass is 10.3. The van der Waals surface area contributed by atoms with Gasteiger partial charge in [0, 0.05) is 13.1 Å². The molecule has 0 aromatic heterocycles. The number of amides is 3. The average Bonchev–Trinajstić information content (AvgIpc) is 3.23. The molecular weight excluding hydrogens is 408 g/mol. The van der Waals surface area contributed by atoms with Gasteiger partial charge < -0.3 is 27.0 Å². The van der Waals surface area contributed by atoms with Gasteiger partial charge in [-0.2, -0.15) is 0 Å². The molecule has 3 amide bonds. The standard InChI is InChI=1S/C10H19N3O2.C7H5F2NO.C4H10.H3N/c1-8(11-2)10(15)12-7-9(14)13-5-3-4-6-13;8-5-2-1-3-6(9)7(5)10-4-11;1-4(2)3;/h8,11H,3-7H2,1-2H3,(H,12,15);1-4H,(H,10,11);4H,1-3H3;1H3. The molecular formula is C21H37F2N5O3. The number of para-hydroxylation sites is 1. The number of rotatable bonds is 6. The molecule has 1 aromatic rings. The second-order valence-electron chi connectivity index (χ2n) is 7.41. The Hall–Kier alpha value is -2.59. The van der Waals surface area contributed by atoms with Gasteiger partial charge in [0.1, 0.15) is 17.3 Å². The fraction of sp³-hybridized carbons (Fsp3) is 0.571. The molecule has 1 unspecified atom stereocenters. The SMILES string of the molecule is CC(C)C.CNC(C)C(=O)NCC(=O)N1CCCC1.N.O=CNc1c(F)cccc1F. The third-order valence-corrected chi connectivity index (χ3v) is 3.86. The van der Waals surface area contributed by atoms with Crippen molar-refractivity contribution < 1.29 is 23.2 Å². The molecule has 0 spiro atoms. The molecule has 1 saturated heterocycles. The Morgan fingerprint density at radius 1 is 1.10 bits per heavy atom. The van der Waals surface area contributed by atoms with Crippen LogP contribution < -0.4 is 22.1 Å². The van der Waals surface area contributed by atoms with E-state index in [9.17, 15) is 23.2 Å². The minimum atomic E-state index is -0.780. The third-order valence-electron chi connectivity index (χ3n) is 3.86. The van der Waals surface area contributed by atoms with E-state index in [1.807, 2.05) is 5.32 Å². The molecule has 0 saturated carbocycles. The summed E-state index contributed by atoms with van der Waals surface area (Å²) in [7, 11) is 1.71. The number of hydrogen-bond donors (Lipinski definition) is 4. The van der Waals surface area contributed by atoms with Crippen molar-refractivity contribution in [3.63, 3.8) is 0 Å². The summed E-state index contributed by atoms with van der Waals surface area (Å²) in [6, 6.07) is 3.10. The van der Waals surface area contributed by atoms with Gasteiger partial charge in [-0.25, -0.2) is 8.78 Å². The van der Waals surface area contributed by atoms with Crippen LogP contribution in [-0.2, 0) is 14.4 Å². The van der Waals surface area contributed by atoms with Crippen LogP contribution in [0.3, 0.4) is 0 Å². The Kier molecular flexibility index (Phi) is 16.9. The minimum absolute atomic E-state index is 0. The molecule has 31 heavy (non-hydrogen) atoms. The Balaban J connectivity index is 0. The van der Waals surface area contributed by atoms with E-state index in [1.165, 1.54) is 6.07 Å². The van der Waals surface area contributed by atoms with Crippen molar-refractivity contribution in [2.45, 2.75) is 46.6 Å². The molecule has 0 radical (unpaired) electrons. The van der Waals surface area contributed by atoms with Gasteiger partial charge in [-0.05, 0) is 44.9 Å². The summed E-state index contributed by atoms with van der Waals surface area (Å²) in [4.78, 5) is 34.5. The molecule has 1 atom stereocenters. The van der Waals surface area contributed by atoms with E-state index in [0.717, 1.165) is 44.0 Å². The highest BCUT2D eigenvalue weighted by Gasteiger charge is 2.19. The fourth-order valence-corrected chi connectivity index (χ4v) is 2.22. The quantitative estimate of drug-likeness (QED) is 0.501. The number of anilines is 1. The van der Waals surface area contributed by atoms with E-state index in [0.29, 0.717) is 0 Å². The minimum Gasteiger partial charge on any atom is -0.346 e. The summed E-state index contributed by atoms with van der Waals surface area (Å²) in [6.45, 7) is 10.0.